The summed E-state index contributed by atoms with van der Waals surface area (Å²) in [6.07, 6.45) is 1.39. The van der Waals surface area contributed by atoms with Crippen molar-refractivity contribution >= 4 is 28.7 Å². The zero-order valence-corrected chi connectivity index (χ0v) is 15.3. The summed E-state index contributed by atoms with van der Waals surface area (Å²) >= 11 is 2.29. The van der Waals surface area contributed by atoms with Gasteiger partial charge in [0.15, 0.2) is 0 Å². The van der Waals surface area contributed by atoms with Crippen molar-refractivity contribution in [3.05, 3.63) is 27.3 Å². The van der Waals surface area contributed by atoms with Gasteiger partial charge in [-0.2, -0.15) is 0 Å². The van der Waals surface area contributed by atoms with Crippen LogP contribution in [0, 0.1) is 10.5 Å². The molecule has 0 saturated heterocycles. The number of nitrogens with one attached hydrogen (secondary N) is 1. The van der Waals surface area contributed by atoms with Crippen molar-refractivity contribution < 1.29 is 14.3 Å². The van der Waals surface area contributed by atoms with Crippen LogP contribution in [0.25, 0.3) is 0 Å². The Morgan fingerprint density at radius 1 is 1.29 bits per heavy atom. The van der Waals surface area contributed by atoms with Crippen molar-refractivity contribution in [1.82, 2.24) is 5.32 Å². The maximum Gasteiger partial charge on any atom is 0.407 e. The van der Waals surface area contributed by atoms with Crippen LogP contribution in [0.15, 0.2) is 18.2 Å². The number of ether oxygens (including phenoxy) is 2. The highest BCUT2D eigenvalue weighted by Crippen LogP contribution is 2.20. The predicted octanol–water partition coefficient (Wildman–Crippen LogP) is 4.28. The summed E-state index contributed by atoms with van der Waals surface area (Å²) < 4.78 is 12.1. The van der Waals surface area contributed by atoms with Crippen LogP contribution in [0.4, 0.5) is 4.79 Å². The number of carbonyl (C=O) groups excluding carboxylic acids is 1. The zero-order chi connectivity index (χ0) is 15.9. The van der Waals surface area contributed by atoms with Gasteiger partial charge in [0.2, 0.25) is 0 Å². The molecule has 0 aromatic heterocycles. The van der Waals surface area contributed by atoms with Crippen molar-refractivity contribution in [3.63, 3.8) is 0 Å². The van der Waals surface area contributed by atoms with Crippen molar-refractivity contribution in [3.8, 4) is 5.75 Å². The van der Waals surface area contributed by atoms with Gasteiger partial charge in [-0.1, -0.05) is 0 Å². The Morgan fingerprint density at radius 3 is 2.62 bits per heavy atom. The number of hydrogen-bond donors (Lipinski definition) is 1. The molecule has 1 rings (SSSR count). The number of rotatable bonds is 6. The lowest BCUT2D eigenvalue weighted by atomic mass is 10.2. The number of benzene rings is 1. The highest BCUT2D eigenvalue weighted by Gasteiger charge is 2.15. The Balaban J connectivity index is 2.13. The average Bonchev–Trinajstić information content (AvgIpc) is 2.33. The molecule has 0 fully saturated rings. The summed E-state index contributed by atoms with van der Waals surface area (Å²) in [7, 11) is 0. The molecule has 21 heavy (non-hydrogen) atoms. The van der Waals surface area contributed by atoms with Crippen molar-refractivity contribution in [1.29, 1.82) is 0 Å². The molecule has 0 atom stereocenters. The number of halogens is 1. The molecule has 0 bridgehead atoms. The Bertz CT molecular complexity index is 469. The molecule has 1 N–H and O–H groups in total. The summed E-state index contributed by atoms with van der Waals surface area (Å²) in [5.41, 5.74) is 0.698. The van der Waals surface area contributed by atoms with Crippen LogP contribution >= 0.6 is 22.6 Å². The molecule has 0 aliphatic heterocycles. The number of aryl methyl sites for hydroxylation is 1. The van der Waals surface area contributed by atoms with Gasteiger partial charge in [-0.25, -0.2) is 4.79 Å². The molecule has 0 spiro atoms. The molecule has 0 radical (unpaired) electrons. The summed E-state index contributed by atoms with van der Waals surface area (Å²) in [6.45, 7) is 8.85. The average molecular weight is 405 g/mol. The molecule has 0 aliphatic carbocycles. The second-order valence-electron chi connectivity index (χ2n) is 5.89. The normalized spacial score (nSPS) is 11.1. The van der Waals surface area contributed by atoms with E-state index in [0.717, 1.165) is 24.2 Å². The van der Waals surface area contributed by atoms with Gasteiger partial charge in [-0.3, -0.25) is 0 Å². The molecule has 4 nitrogen and oxygen atoms in total. The smallest absolute Gasteiger partial charge is 0.407 e. The molecule has 0 heterocycles. The Kier molecular flexibility index (Phi) is 7.28. The lowest BCUT2D eigenvalue weighted by Gasteiger charge is -2.19. The van der Waals surface area contributed by atoms with Crippen LogP contribution < -0.4 is 10.1 Å². The van der Waals surface area contributed by atoms with E-state index >= 15 is 0 Å². The minimum atomic E-state index is -0.449. The van der Waals surface area contributed by atoms with E-state index in [2.05, 4.69) is 34.0 Å². The maximum absolute atomic E-state index is 11.4. The third-order valence-electron chi connectivity index (χ3n) is 2.63. The van der Waals surface area contributed by atoms with Gasteiger partial charge in [0.05, 0.1) is 6.61 Å². The zero-order valence-electron chi connectivity index (χ0n) is 13.2. The summed E-state index contributed by atoms with van der Waals surface area (Å²) in [5, 5.41) is 2.74. The van der Waals surface area contributed by atoms with Crippen LogP contribution in [-0.2, 0) is 4.74 Å². The molecule has 0 unspecified atom stereocenters. The molecular weight excluding hydrogens is 381 g/mol. The van der Waals surface area contributed by atoms with Gasteiger partial charge in [0.25, 0.3) is 0 Å². The molecule has 118 valence electrons. The third kappa shape index (κ3) is 8.14. The lowest BCUT2D eigenvalue weighted by molar-refractivity contribution is 0.0526. The summed E-state index contributed by atoms with van der Waals surface area (Å²) in [6, 6.07) is 6.13. The minimum Gasteiger partial charge on any atom is -0.493 e. The van der Waals surface area contributed by atoms with E-state index in [1.54, 1.807) is 0 Å². The quantitative estimate of drug-likeness (QED) is 0.568. The fourth-order valence-electron chi connectivity index (χ4n) is 1.69. The first-order valence-electron chi connectivity index (χ1n) is 7.14. The van der Waals surface area contributed by atoms with E-state index in [4.69, 9.17) is 9.47 Å². The van der Waals surface area contributed by atoms with Crippen molar-refractivity contribution in [2.24, 2.45) is 0 Å². The lowest BCUT2D eigenvalue weighted by Crippen LogP contribution is -2.33. The molecule has 1 aromatic rings. The third-order valence-corrected chi connectivity index (χ3v) is 3.30. The summed E-state index contributed by atoms with van der Waals surface area (Å²) in [5.74, 6) is 0.926. The van der Waals surface area contributed by atoms with Gasteiger partial charge in [0.1, 0.15) is 11.4 Å². The Morgan fingerprint density at radius 2 is 2.00 bits per heavy atom. The van der Waals surface area contributed by atoms with Gasteiger partial charge in [-0.05, 0) is 86.9 Å². The number of alkyl carbamates (subject to hydrolysis) is 1. The first-order valence-corrected chi connectivity index (χ1v) is 8.21. The van der Waals surface area contributed by atoms with Crippen molar-refractivity contribution in [2.45, 2.75) is 46.1 Å². The first kappa shape index (κ1) is 18.1. The van der Waals surface area contributed by atoms with E-state index in [1.807, 2.05) is 39.8 Å². The van der Waals surface area contributed by atoms with E-state index < -0.39 is 5.60 Å². The van der Waals surface area contributed by atoms with E-state index in [9.17, 15) is 4.79 Å². The standard InChI is InChI=1S/C16H24INO3/c1-12-11-13(17)7-8-14(12)20-10-6-5-9-18-15(19)21-16(2,3)4/h7-8,11H,5-6,9-10H2,1-4H3,(H,18,19). The van der Waals surface area contributed by atoms with Gasteiger partial charge < -0.3 is 14.8 Å². The SMILES string of the molecule is Cc1cc(I)ccc1OCCCCNC(=O)OC(C)(C)C. The monoisotopic (exact) mass is 405 g/mol. The Labute approximate surface area is 140 Å². The van der Waals surface area contributed by atoms with Crippen LogP contribution in [-0.4, -0.2) is 24.8 Å². The van der Waals surface area contributed by atoms with Gasteiger partial charge >= 0.3 is 6.09 Å². The fourth-order valence-corrected chi connectivity index (χ4v) is 2.34. The van der Waals surface area contributed by atoms with E-state index in [0.29, 0.717) is 13.2 Å². The number of hydrogen-bond acceptors (Lipinski definition) is 3. The first-order chi connectivity index (χ1) is 9.78. The highest BCUT2D eigenvalue weighted by molar-refractivity contribution is 14.1. The van der Waals surface area contributed by atoms with E-state index in [-0.39, 0.29) is 6.09 Å². The minimum absolute atomic E-state index is 0.364. The topological polar surface area (TPSA) is 47.6 Å². The van der Waals surface area contributed by atoms with Crippen LogP contribution in [0.3, 0.4) is 0 Å². The fraction of sp³-hybridized carbons (Fsp3) is 0.562. The van der Waals surface area contributed by atoms with Crippen LogP contribution in [0.1, 0.15) is 39.2 Å². The van der Waals surface area contributed by atoms with E-state index in [1.165, 1.54) is 3.57 Å². The second-order valence-corrected chi connectivity index (χ2v) is 7.14. The Hall–Kier alpha value is -0.980. The largest absolute Gasteiger partial charge is 0.493 e. The maximum atomic E-state index is 11.4. The molecule has 0 saturated carbocycles. The second kappa shape index (κ2) is 8.46. The van der Waals surface area contributed by atoms with Crippen LogP contribution in [0.2, 0.25) is 0 Å². The van der Waals surface area contributed by atoms with Crippen molar-refractivity contribution in [2.75, 3.05) is 13.2 Å². The number of carbonyl (C=O) groups is 1. The number of unbranched alkanes of at least 4 members (excludes halogenated alkanes) is 1. The molecule has 0 aliphatic rings. The molecular formula is C16H24INO3. The molecule has 1 aromatic carbocycles. The van der Waals surface area contributed by atoms with Crippen LogP contribution in [0.5, 0.6) is 5.75 Å². The van der Waals surface area contributed by atoms with Gasteiger partial charge in [-0.15, -0.1) is 0 Å². The highest BCUT2D eigenvalue weighted by atomic mass is 127. The van der Waals surface area contributed by atoms with Gasteiger partial charge in [0, 0.05) is 10.1 Å². The number of amides is 1. The molecule has 1 amide bonds. The predicted molar refractivity (Wildman–Crippen MR) is 92.9 cm³/mol. The summed E-state index contributed by atoms with van der Waals surface area (Å²) in [4.78, 5) is 11.4. The molecule has 5 heteroatoms.